The number of methoxy groups -OCH3 is 2. The zero-order valence-corrected chi connectivity index (χ0v) is 16.5. The Kier molecular flexibility index (Phi) is 6.67. The SMILES string of the molecule is COc1cccc(/C=N\NC(=O)C(=O)N2CCN(c3ccccc3OC)CC2)c1. The summed E-state index contributed by atoms with van der Waals surface area (Å²) in [6.45, 7) is 2.13. The van der Waals surface area contributed by atoms with E-state index in [4.69, 9.17) is 9.47 Å². The highest BCUT2D eigenvalue weighted by Crippen LogP contribution is 2.28. The lowest BCUT2D eigenvalue weighted by molar-refractivity contribution is -0.146. The molecule has 8 nitrogen and oxygen atoms in total. The molecule has 1 saturated heterocycles. The van der Waals surface area contributed by atoms with Crippen LogP contribution in [0.25, 0.3) is 0 Å². The predicted octanol–water partition coefficient (Wildman–Crippen LogP) is 1.50. The van der Waals surface area contributed by atoms with Crippen molar-refractivity contribution in [3.05, 3.63) is 54.1 Å². The molecule has 29 heavy (non-hydrogen) atoms. The Hall–Kier alpha value is -3.55. The molecule has 0 radical (unpaired) electrons. The molecule has 1 heterocycles. The first-order valence-corrected chi connectivity index (χ1v) is 9.26. The number of nitrogens with one attached hydrogen (secondary N) is 1. The highest BCUT2D eigenvalue weighted by molar-refractivity contribution is 6.35. The number of rotatable bonds is 5. The van der Waals surface area contributed by atoms with Crippen LogP contribution in [0, 0.1) is 0 Å². The number of carbonyl (C=O) groups is 2. The first-order valence-electron chi connectivity index (χ1n) is 9.26. The van der Waals surface area contributed by atoms with Crippen LogP contribution < -0.4 is 19.8 Å². The molecule has 2 amide bonds. The molecule has 1 aliphatic rings. The van der Waals surface area contributed by atoms with Crippen LogP contribution in [0.15, 0.2) is 53.6 Å². The second-order valence-electron chi connectivity index (χ2n) is 6.43. The van der Waals surface area contributed by atoms with E-state index in [-0.39, 0.29) is 0 Å². The summed E-state index contributed by atoms with van der Waals surface area (Å²) in [5, 5.41) is 3.86. The molecule has 1 fully saturated rings. The number of para-hydroxylation sites is 2. The zero-order chi connectivity index (χ0) is 20.6. The van der Waals surface area contributed by atoms with Crippen LogP contribution in [-0.4, -0.2) is 63.3 Å². The molecule has 0 unspecified atom stereocenters. The molecule has 152 valence electrons. The predicted molar refractivity (Wildman–Crippen MR) is 111 cm³/mol. The van der Waals surface area contributed by atoms with Crippen molar-refractivity contribution >= 4 is 23.7 Å². The van der Waals surface area contributed by atoms with Crippen LogP contribution in [0.2, 0.25) is 0 Å². The van der Waals surface area contributed by atoms with Gasteiger partial charge in [0.1, 0.15) is 11.5 Å². The van der Waals surface area contributed by atoms with Gasteiger partial charge in [-0.15, -0.1) is 0 Å². The molecule has 0 saturated carbocycles. The zero-order valence-electron chi connectivity index (χ0n) is 16.5. The van der Waals surface area contributed by atoms with Crippen LogP contribution >= 0.6 is 0 Å². The number of ether oxygens (including phenoxy) is 2. The quantitative estimate of drug-likeness (QED) is 0.471. The molecule has 2 aromatic rings. The molecule has 2 aromatic carbocycles. The van der Waals surface area contributed by atoms with Gasteiger partial charge >= 0.3 is 11.8 Å². The van der Waals surface area contributed by atoms with E-state index in [1.54, 1.807) is 20.3 Å². The minimum atomic E-state index is -0.755. The standard InChI is InChI=1S/C21H24N4O4/c1-28-17-7-5-6-16(14-17)15-22-23-20(26)21(27)25-12-10-24(11-13-25)18-8-3-4-9-19(18)29-2/h3-9,14-15H,10-13H2,1-2H3,(H,23,26)/b22-15-. The number of nitrogens with zero attached hydrogens (tertiary/aromatic N) is 3. The molecular weight excluding hydrogens is 372 g/mol. The Bertz CT molecular complexity index is 892. The molecule has 0 atom stereocenters. The molecule has 0 bridgehead atoms. The minimum Gasteiger partial charge on any atom is -0.497 e. The maximum Gasteiger partial charge on any atom is 0.329 e. The number of benzene rings is 2. The molecule has 0 aromatic heterocycles. The number of piperazine rings is 1. The van der Waals surface area contributed by atoms with Gasteiger partial charge in [0.05, 0.1) is 26.1 Å². The van der Waals surface area contributed by atoms with Crippen LogP contribution in [0.3, 0.4) is 0 Å². The van der Waals surface area contributed by atoms with E-state index in [0.29, 0.717) is 31.9 Å². The van der Waals surface area contributed by atoms with E-state index < -0.39 is 11.8 Å². The van der Waals surface area contributed by atoms with Gasteiger partial charge in [0, 0.05) is 26.2 Å². The number of hydrazone groups is 1. The third-order valence-electron chi connectivity index (χ3n) is 4.66. The number of carbonyl (C=O) groups excluding carboxylic acids is 2. The van der Waals surface area contributed by atoms with Crippen LogP contribution in [0.5, 0.6) is 11.5 Å². The van der Waals surface area contributed by atoms with E-state index in [1.165, 1.54) is 11.1 Å². The number of anilines is 1. The maximum atomic E-state index is 12.4. The second kappa shape index (κ2) is 9.59. The van der Waals surface area contributed by atoms with Gasteiger partial charge in [0.2, 0.25) is 0 Å². The van der Waals surface area contributed by atoms with Gasteiger partial charge in [0.15, 0.2) is 0 Å². The van der Waals surface area contributed by atoms with Gasteiger partial charge in [0.25, 0.3) is 0 Å². The molecule has 3 rings (SSSR count). The van der Waals surface area contributed by atoms with Gasteiger partial charge in [-0.25, -0.2) is 5.43 Å². The first kappa shape index (κ1) is 20.2. The van der Waals surface area contributed by atoms with E-state index in [9.17, 15) is 9.59 Å². The van der Waals surface area contributed by atoms with Gasteiger partial charge in [-0.05, 0) is 29.8 Å². The summed E-state index contributed by atoms with van der Waals surface area (Å²) in [5.41, 5.74) is 4.03. The van der Waals surface area contributed by atoms with Crippen molar-refractivity contribution < 1.29 is 19.1 Å². The summed E-state index contributed by atoms with van der Waals surface area (Å²) < 4.78 is 10.5. The Morgan fingerprint density at radius 2 is 1.76 bits per heavy atom. The molecule has 8 heteroatoms. The fourth-order valence-corrected chi connectivity index (χ4v) is 3.12. The normalized spacial score (nSPS) is 14.0. The molecule has 1 N–H and O–H groups in total. The van der Waals surface area contributed by atoms with Crippen molar-refractivity contribution in [2.45, 2.75) is 0 Å². The van der Waals surface area contributed by atoms with Gasteiger partial charge in [-0.2, -0.15) is 5.10 Å². The van der Waals surface area contributed by atoms with Crippen LogP contribution in [-0.2, 0) is 9.59 Å². The topological polar surface area (TPSA) is 83.5 Å². The maximum absolute atomic E-state index is 12.4. The van der Waals surface area contributed by atoms with Gasteiger partial charge in [-0.1, -0.05) is 24.3 Å². The number of hydrogen-bond acceptors (Lipinski definition) is 6. The van der Waals surface area contributed by atoms with E-state index in [1.807, 2.05) is 42.5 Å². The van der Waals surface area contributed by atoms with Crippen molar-refractivity contribution in [1.82, 2.24) is 10.3 Å². The Morgan fingerprint density at radius 3 is 2.48 bits per heavy atom. The molecule has 0 aliphatic carbocycles. The Morgan fingerprint density at radius 1 is 1.00 bits per heavy atom. The summed E-state index contributed by atoms with van der Waals surface area (Å²) in [6, 6.07) is 15.0. The number of amides is 2. The van der Waals surface area contributed by atoms with Crippen molar-refractivity contribution in [1.29, 1.82) is 0 Å². The summed E-state index contributed by atoms with van der Waals surface area (Å²) in [4.78, 5) is 28.2. The third-order valence-corrected chi connectivity index (χ3v) is 4.66. The van der Waals surface area contributed by atoms with E-state index in [2.05, 4.69) is 15.4 Å². The monoisotopic (exact) mass is 396 g/mol. The lowest BCUT2D eigenvalue weighted by atomic mass is 10.2. The molecular formula is C21H24N4O4. The van der Waals surface area contributed by atoms with Crippen molar-refractivity contribution in [2.75, 3.05) is 45.3 Å². The third kappa shape index (κ3) is 5.04. The number of hydrogen-bond donors (Lipinski definition) is 1. The smallest absolute Gasteiger partial charge is 0.329 e. The van der Waals surface area contributed by atoms with Crippen LogP contribution in [0.1, 0.15) is 5.56 Å². The van der Waals surface area contributed by atoms with E-state index in [0.717, 1.165) is 17.0 Å². The largest absolute Gasteiger partial charge is 0.497 e. The summed E-state index contributed by atoms with van der Waals surface area (Å²) >= 11 is 0. The van der Waals surface area contributed by atoms with Gasteiger partial charge < -0.3 is 19.3 Å². The fourth-order valence-electron chi connectivity index (χ4n) is 3.12. The summed E-state index contributed by atoms with van der Waals surface area (Å²) in [5.74, 6) is 0.128. The second-order valence-corrected chi connectivity index (χ2v) is 6.43. The first-order chi connectivity index (χ1) is 14.1. The van der Waals surface area contributed by atoms with Crippen molar-refractivity contribution in [3.63, 3.8) is 0 Å². The Balaban J connectivity index is 1.52. The summed E-state index contributed by atoms with van der Waals surface area (Å²) in [6.07, 6.45) is 1.47. The van der Waals surface area contributed by atoms with Gasteiger partial charge in [-0.3, -0.25) is 9.59 Å². The fraction of sp³-hybridized carbons (Fsp3) is 0.286. The average Bonchev–Trinajstić information content (AvgIpc) is 2.78. The van der Waals surface area contributed by atoms with Crippen molar-refractivity contribution in [3.8, 4) is 11.5 Å². The minimum absolute atomic E-state index is 0.448. The summed E-state index contributed by atoms with van der Waals surface area (Å²) in [7, 11) is 3.21. The molecule has 1 aliphatic heterocycles. The van der Waals surface area contributed by atoms with Crippen molar-refractivity contribution in [2.24, 2.45) is 5.10 Å². The molecule has 0 spiro atoms. The lowest BCUT2D eigenvalue weighted by Gasteiger charge is -2.36. The average molecular weight is 396 g/mol. The highest BCUT2D eigenvalue weighted by atomic mass is 16.5. The lowest BCUT2D eigenvalue weighted by Crippen LogP contribution is -2.52. The van der Waals surface area contributed by atoms with Crippen LogP contribution in [0.4, 0.5) is 5.69 Å². The van der Waals surface area contributed by atoms with E-state index >= 15 is 0 Å². The Labute approximate surface area is 169 Å². The highest BCUT2D eigenvalue weighted by Gasteiger charge is 2.26.